The summed E-state index contributed by atoms with van der Waals surface area (Å²) in [5.41, 5.74) is 4.72. The van der Waals surface area contributed by atoms with E-state index in [1.807, 2.05) is 61.2 Å². The van der Waals surface area contributed by atoms with Gasteiger partial charge in [-0.25, -0.2) is 14.4 Å². The van der Waals surface area contributed by atoms with Crippen LogP contribution in [0.25, 0.3) is 11.1 Å². The molecule has 7 rings (SSSR count). The van der Waals surface area contributed by atoms with Gasteiger partial charge < -0.3 is 43.7 Å². The number of rotatable bonds is 10. The number of amides is 4. The zero-order valence-corrected chi connectivity index (χ0v) is 36.3. The van der Waals surface area contributed by atoms with Gasteiger partial charge in [0.05, 0.1) is 12.1 Å². The van der Waals surface area contributed by atoms with Crippen LogP contribution in [0.15, 0.2) is 45.6 Å². The van der Waals surface area contributed by atoms with E-state index in [0.29, 0.717) is 75.7 Å². The number of aromatic nitrogens is 1. The number of piperidine rings is 2. The van der Waals surface area contributed by atoms with Crippen LogP contribution in [-0.2, 0) is 39.0 Å². The van der Waals surface area contributed by atoms with Crippen LogP contribution in [0.4, 0.5) is 15.3 Å². The lowest BCUT2D eigenvalue weighted by molar-refractivity contribution is -0.145. The summed E-state index contributed by atoms with van der Waals surface area (Å²) in [5.74, 6) is -0.209. The number of anilines is 1. The fourth-order valence-corrected chi connectivity index (χ4v) is 8.40. The molecular weight excluding hydrogens is 781 g/mol. The first-order valence-corrected chi connectivity index (χ1v) is 21.5. The number of para-hydroxylation sites is 1. The molecule has 1 atom stereocenters. The molecule has 5 heterocycles. The predicted octanol–water partition coefficient (Wildman–Crippen LogP) is 4.28. The number of carbonyl (C=O) groups is 4. The van der Waals surface area contributed by atoms with Crippen LogP contribution in [0.5, 0.6) is 0 Å². The van der Waals surface area contributed by atoms with Crippen LogP contribution in [0.2, 0.25) is 0 Å². The third-order valence-electron chi connectivity index (χ3n) is 12.2. The molecule has 61 heavy (non-hydrogen) atoms. The van der Waals surface area contributed by atoms with E-state index in [0.717, 1.165) is 74.4 Å². The number of hydrogen-bond acceptors (Lipinski definition) is 11. The number of likely N-dealkylation sites (N-methyl/N-ethyl adjacent to an activating group) is 2. The number of ether oxygens (including phenoxy) is 2. The summed E-state index contributed by atoms with van der Waals surface area (Å²) in [6.45, 7) is 12.5. The Kier molecular flexibility index (Phi) is 16.8. The molecule has 2 aromatic carbocycles. The Bertz CT molecular complexity index is 2010. The van der Waals surface area contributed by atoms with Gasteiger partial charge >= 0.3 is 23.8 Å². The van der Waals surface area contributed by atoms with Gasteiger partial charge in [-0.1, -0.05) is 38.6 Å². The van der Waals surface area contributed by atoms with E-state index >= 15 is 0 Å². The summed E-state index contributed by atoms with van der Waals surface area (Å²) in [4.78, 5) is 75.6. The topological polar surface area (TPSA) is 153 Å². The van der Waals surface area contributed by atoms with Crippen LogP contribution < -0.4 is 11.1 Å². The maximum Gasteiger partial charge on any atom is 0.419 e. The minimum atomic E-state index is -1.00. The van der Waals surface area contributed by atoms with E-state index < -0.39 is 18.0 Å². The standard InChI is InChI=1S/C33H41N5O6.C11H23N3O2.CH4/c1-21-8-13-36(14-9-21)30(39)28(20-23-18-22(2)29-27(19-23)43-32(41)35(29)3)44-33(42)37-15-11-25(12-16-37)38-17-10-24-6-4-5-7-26(24)34-31(38)40;1-12(2)8-9-16-11(15)10-14-6-4-13(3)5-7-14;/h4-7,18-19,21,25,28H,8-17,20H2,1-3H3,(H,34,40);4-10H2,1-3H3;1H4/t28-;;/m1../s1. The molecule has 0 saturated carbocycles. The largest absolute Gasteiger partial charge is 0.463 e. The van der Waals surface area contributed by atoms with Crippen LogP contribution in [-0.4, -0.2) is 170 Å². The Morgan fingerprint density at radius 3 is 2.26 bits per heavy atom. The zero-order valence-electron chi connectivity index (χ0n) is 36.3. The maximum absolute atomic E-state index is 13.8. The van der Waals surface area contributed by atoms with Crippen molar-refractivity contribution in [1.82, 2.24) is 34.0 Å². The minimum Gasteiger partial charge on any atom is -0.463 e. The highest BCUT2D eigenvalue weighted by molar-refractivity contribution is 5.91. The first-order valence-electron chi connectivity index (χ1n) is 21.5. The summed E-state index contributed by atoms with van der Waals surface area (Å²) in [6, 6.07) is 11.4. The summed E-state index contributed by atoms with van der Waals surface area (Å²) in [7, 11) is 7.70. The Hall–Kier alpha value is -4.93. The van der Waals surface area contributed by atoms with Gasteiger partial charge in [0.25, 0.3) is 5.91 Å². The highest BCUT2D eigenvalue weighted by Crippen LogP contribution is 2.27. The number of piperazine rings is 1. The second-order valence-electron chi connectivity index (χ2n) is 17.1. The summed E-state index contributed by atoms with van der Waals surface area (Å²) >= 11 is 0. The third-order valence-corrected chi connectivity index (χ3v) is 12.2. The molecule has 16 nitrogen and oxygen atoms in total. The van der Waals surface area contributed by atoms with Crippen LogP contribution in [0.1, 0.15) is 56.7 Å². The van der Waals surface area contributed by atoms with Crippen molar-refractivity contribution in [2.75, 3.05) is 105 Å². The molecule has 16 heteroatoms. The smallest absolute Gasteiger partial charge is 0.419 e. The van der Waals surface area contributed by atoms with Crippen LogP contribution >= 0.6 is 0 Å². The fraction of sp³-hybridized carbons (Fsp3) is 0.622. The molecule has 4 amide bonds. The molecule has 0 bridgehead atoms. The number of likely N-dealkylation sites (tertiary alicyclic amines) is 2. The number of urea groups is 1. The van der Waals surface area contributed by atoms with E-state index in [1.54, 1.807) is 22.9 Å². The molecule has 0 unspecified atom stereocenters. The molecule has 1 N–H and O–H groups in total. The third kappa shape index (κ3) is 12.6. The lowest BCUT2D eigenvalue weighted by Gasteiger charge is -2.38. The van der Waals surface area contributed by atoms with Crippen molar-refractivity contribution < 1.29 is 33.1 Å². The lowest BCUT2D eigenvalue weighted by Crippen LogP contribution is -2.51. The fourth-order valence-electron chi connectivity index (χ4n) is 8.40. The van der Waals surface area contributed by atoms with Gasteiger partial charge in [-0.05, 0) is 94.9 Å². The van der Waals surface area contributed by atoms with Gasteiger partial charge in [-0.2, -0.15) is 0 Å². The van der Waals surface area contributed by atoms with E-state index in [9.17, 15) is 24.0 Å². The quantitative estimate of drug-likeness (QED) is 0.291. The van der Waals surface area contributed by atoms with Crippen molar-refractivity contribution in [1.29, 1.82) is 0 Å². The van der Waals surface area contributed by atoms with Gasteiger partial charge in [0.2, 0.25) is 0 Å². The molecule has 336 valence electrons. The average Bonchev–Trinajstić information content (AvgIpc) is 3.40. The SMILES string of the molecule is C.CN(C)CCOC(=O)CN1CCN(C)CC1.Cc1cc(C[C@@H](OC(=O)N2CCC(N3CCc4ccccc4NC3=O)CC2)C(=O)N2CCC(C)CC2)cc2oc(=O)n(C)c12. The average molecular weight is 849 g/mol. The molecule has 3 aromatic rings. The second kappa shape index (κ2) is 21.7. The molecule has 0 radical (unpaired) electrons. The summed E-state index contributed by atoms with van der Waals surface area (Å²) < 4.78 is 18.0. The number of benzene rings is 2. The number of carbonyl (C=O) groups excluding carboxylic acids is 4. The zero-order chi connectivity index (χ0) is 42.9. The molecule has 1 aromatic heterocycles. The van der Waals surface area contributed by atoms with E-state index in [1.165, 1.54) is 4.57 Å². The normalized spacial score (nSPS) is 18.7. The number of nitrogens with one attached hydrogen (secondary N) is 1. The van der Waals surface area contributed by atoms with E-state index in [2.05, 4.69) is 29.1 Å². The first-order chi connectivity index (χ1) is 28.7. The maximum atomic E-state index is 13.8. The first kappa shape index (κ1) is 47.1. The number of nitrogens with zero attached hydrogens (tertiary/aromatic N) is 7. The molecular formula is C45H68N8O8. The molecule has 0 aliphatic carbocycles. The van der Waals surface area contributed by atoms with Gasteiger partial charge in [-0.15, -0.1) is 0 Å². The molecule has 3 fully saturated rings. The monoisotopic (exact) mass is 849 g/mol. The van der Waals surface area contributed by atoms with Crippen molar-refractivity contribution >= 4 is 40.8 Å². The number of esters is 1. The van der Waals surface area contributed by atoms with Gasteiger partial charge in [-0.3, -0.25) is 19.1 Å². The molecule has 4 aliphatic rings. The van der Waals surface area contributed by atoms with Crippen molar-refractivity contribution in [3.8, 4) is 0 Å². The Morgan fingerprint density at radius 1 is 0.902 bits per heavy atom. The predicted molar refractivity (Wildman–Crippen MR) is 236 cm³/mol. The molecule has 0 spiro atoms. The van der Waals surface area contributed by atoms with Crippen molar-refractivity contribution in [3.63, 3.8) is 0 Å². The summed E-state index contributed by atoms with van der Waals surface area (Å²) in [6.07, 6.45) is 2.50. The van der Waals surface area contributed by atoms with Crippen LogP contribution in [0.3, 0.4) is 0 Å². The number of hydrogen-bond donors (Lipinski definition) is 1. The van der Waals surface area contributed by atoms with Gasteiger partial charge in [0, 0.05) is 90.6 Å². The van der Waals surface area contributed by atoms with Crippen molar-refractivity contribution in [2.45, 2.75) is 71.9 Å². The number of aryl methyl sites for hydroxylation is 2. The number of fused-ring (bicyclic) bond motifs is 2. The van der Waals surface area contributed by atoms with Gasteiger partial charge in [0.15, 0.2) is 11.7 Å². The minimum absolute atomic E-state index is 0. The van der Waals surface area contributed by atoms with E-state index in [4.69, 9.17) is 13.9 Å². The van der Waals surface area contributed by atoms with Crippen molar-refractivity contribution in [2.24, 2.45) is 13.0 Å². The molecule has 4 aliphatic heterocycles. The van der Waals surface area contributed by atoms with Crippen molar-refractivity contribution in [3.05, 3.63) is 63.6 Å². The Balaban J connectivity index is 0.000000351. The Morgan fingerprint density at radius 2 is 1.57 bits per heavy atom. The van der Waals surface area contributed by atoms with E-state index in [-0.39, 0.29) is 37.8 Å². The highest BCUT2D eigenvalue weighted by atomic mass is 16.6. The van der Waals surface area contributed by atoms with Crippen LogP contribution in [0, 0.1) is 12.8 Å². The summed E-state index contributed by atoms with van der Waals surface area (Å²) in [5, 5.41) is 3.03. The lowest BCUT2D eigenvalue weighted by atomic mass is 9.98. The second-order valence-corrected chi connectivity index (χ2v) is 17.1. The van der Waals surface area contributed by atoms with Gasteiger partial charge in [0.1, 0.15) is 6.61 Å². The Labute approximate surface area is 360 Å². The highest BCUT2D eigenvalue weighted by Gasteiger charge is 2.35. The molecule has 3 saturated heterocycles. The number of oxazole rings is 1.